The summed E-state index contributed by atoms with van der Waals surface area (Å²) in [5.41, 5.74) is 0. The summed E-state index contributed by atoms with van der Waals surface area (Å²) in [6.07, 6.45) is 4.28. The van der Waals surface area contributed by atoms with Crippen LogP contribution in [-0.2, 0) is 4.79 Å². The van der Waals surface area contributed by atoms with E-state index in [0.717, 1.165) is 25.0 Å². The van der Waals surface area contributed by atoms with Crippen LogP contribution < -0.4 is 0 Å². The van der Waals surface area contributed by atoms with Crippen LogP contribution in [0.15, 0.2) is 0 Å². The van der Waals surface area contributed by atoms with Gasteiger partial charge in [-0.25, -0.2) is 0 Å². The van der Waals surface area contributed by atoms with Crippen LogP contribution in [0.5, 0.6) is 0 Å². The molecule has 0 aromatic heterocycles. The number of hydrogen-bond donors (Lipinski definition) is 1. The number of carbonyl (C=O) groups excluding carboxylic acids is 1. The van der Waals surface area contributed by atoms with Gasteiger partial charge in [-0.2, -0.15) is 0 Å². The highest BCUT2D eigenvalue weighted by Gasteiger charge is 2.47. The summed E-state index contributed by atoms with van der Waals surface area (Å²) in [5, 5.41) is 9.47. The molecule has 0 aliphatic heterocycles. The molecule has 12 heavy (non-hydrogen) atoms. The molecule has 0 aromatic rings. The first-order valence-corrected chi connectivity index (χ1v) is 4.85. The van der Waals surface area contributed by atoms with Gasteiger partial charge < -0.3 is 9.90 Å². The van der Waals surface area contributed by atoms with Crippen molar-refractivity contribution in [2.45, 2.75) is 32.3 Å². The quantitative estimate of drug-likeness (QED) is 0.630. The molecule has 2 aliphatic carbocycles. The molecule has 68 valence electrons. The van der Waals surface area contributed by atoms with Crippen molar-refractivity contribution in [2.24, 2.45) is 23.7 Å². The van der Waals surface area contributed by atoms with E-state index in [1.807, 2.05) is 6.92 Å². The van der Waals surface area contributed by atoms with Crippen molar-refractivity contribution in [3.63, 3.8) is 0 Å². The van der Waals surface area contributed by atoms with Gasteiger partial charge in [-0.3, -0.25) is 0 Å². The molecule has 2 rings (SSSR count). The van der Waals surface area contributed by atoms with Crippen LogP contribution >= 0.6 is 0 Å². The number of hydrogen-bond acceptors (Lipinski definition) is 2. The summed E-state index contributed by atoms with van der Waals surface area (Å²) >= 11 is 0. The van der Waals surface area contributed by atoms with Crippen LogP contribution in [0.1, 0.15) is 26.2 Å². The minimum atomic E-state index is -0.220. The van der Waals surface area contributed by atoms with Crippen LogP contribution in [0.4, 0.5) is 0 Å². The predicted molar refractivity (Wildman–Crippen MR) is 45.6 cm³/mol. The number of aldehydes is 1. The van der Waals surface area contributed by atoms with Crippen LogP contribution in [0, 0.1) is 23.7 Å². The summed E-state index contributed by atoms with van der Waals surface area (Å²) in [4.78, 5) is 10.7. The lowest BCUT2D eigenvalue weighted by molar-refractivity contribution is -0.113. The third kappa shape index (κ3) is 1.09. The van der Waals surface area contributed by atoms with Gasteiger partial charge in [0.15, 0.2) is 0 Å². The number of carbonyl (C=O) groups is 1. The average molecular weight is 168 g/mol. The first-order chi connectivity index (χ1) is 5.72. The van der Waals surface area contributed by atoms with E-state index in [0.29, 0.717) is 11.8 Å². The number of rotatable bonds is 2. The van der Waals surface area contributed by atoms with Gasteiger partial charge >= 0.3 is 0 Å². The molecule has 0 radical (unpaired) electrons. The standard InChI is InChI=1S/C10H16O2/c1-6(12)9-3-7-2-8(5-11)10(9)4-7/h5-10,12H,2-4H2,1H3. The molecule has 5 atom stereocenters. The number of aliphatic hydroxyl groups excluding tert-OH is 1. The van der Waals surface area contributed by atoms with Gasteiger partial charge in [0, 0.05) is 5.92 Å². The maximum Gasteiger partial charge on any atom is 0.123 e. The van der Waals surface area contributed by atoms with E-state index in [9.17, 15) is 9.90 Å². The minimum absolute atomic E-state index is 0.220. The third-order valence-electron chi connectivity index (χ3n) is 3.71. The van der Waals surface area contributed by atoms with Crippen molar-refractivity contribution in [1.29, 1.82) is 0 Å². The molecule has 0 heterocycles. The Hall–Kier alpha value is -0.370. The largest absolute Gasteiger partial charge is 0.393 e. The summed E-state index contributed by atoms with van der Waals surface area (Å²) in [7, 11) is 0. The zero-order valence-corrected chi connectivity index (χ0v) is 7.44. The highest BCUT2D eigenvalue weighted by molar-refractivity contribution is 5.55. The molecule has 0 amide bonds. The monoisotopic (exact) mass is 168 g/mol. The first kappa shape index (κ1) is 8.24. The normalized spacial score (nSPS) is 47.8. The first-order valence-electron chi connectivity index (χ1n) is 4.85. The van der Waals surface area contributed by atoms with Crippen molar-refractivity contribution in [3.8, 4) is 0 Å². The lowest BCUT2D eigenvalue weighted by Gasteiger charge is -2.28. The van der Waals surface area contributed by atoms with Crippen molar-refractivity contribution < 1.29 is 9.90 Å². The second-order valence-corrected chi connectivity index (χ2v) is 4.44. The lowest BCUT2D eigenvalue weighted by Crippen LogP contribution is -2.28. The van der Waals surface area contributed by atoms with Crippen LogP contribution in [0.3, 0.4) is 0 Å². The van der Waals surface area contributed by atoms with Crippen molar-refractivity contribution in [1.82, 2.24) is 0 Å². The minimum Gasteiger partial charge on any atom is -0.393 e. The fraction of sp³-hybridized carbons (Fsp3) is 0.900. The fourth-order valence-corrected chi connectivity index (χ4v) is 3.17. The Kier molecular flexibility index (Phi) is 1.95. The Morgan fingerprint density at radius 3 is 2.67 bits per heavy atom. The molecule has 2 fully saturated rings. The Labute approximate surface area is 73.0 Å². The second kappa shape index (κ2) is 2.84. The van der Waals surface area contributed by atoms with Crippen molar-refractivity contribution in [2.75, 3.05) is 0 Å². The van der Waals surface area contributed by atoms with Gasteiger partial charge in [-0.05, 0) is 43.9 Å². The van der Waals surface area contributed by atoms with Crippen LogP contribution in [0.2, 0.25) is 0 Å². The van der Waals surface area contributed by atoms with Gasteiger partial charge in [0.05, 0.1) is 6.10 Å². The summed E-state index contributed by atoms with van der Waals surface area (Å²) in [6, 6.07) is 0. The number of fused-ring (bicyclic) bond motifs is 2. The summed E-state index contributed by atoms with van der Waals surface area (Å²) < 4.78 is 0. The molecule has 2 nitrogen and oxygen atoms in total. The summed E-state index contributed by atoms with van der Waals surface area (Å²) in [5.74, 6) is 1.87. The van der Waals surface area contributed by atoms with Crippen LogP contribution in [-0.4, -0.2) is 17.5 Å². The molecule has 0 saturated heterocycles. The molecule has 2 bridgehead atoms. The maximum absolute atomic E-state index is 10.7. The van der Waals surface area contributed by atoms with Gasteiger partial charge in [0.25, 0.3) is 0 Å². The Morgan fingerprint density at radius 1 is 1.42 bits per heavy atom. The summed E-state index contributed by atoms with van der Waals surface area (Å²) in [6.45, 7) is 1.85. The Bertz CT molecular complexity index is 188. The average Bonchev–Trinajstić information content (AvgIpc) is 2.60. The van der Waals surface area contributed by atoms with E-state index in [1.54, 1.807) is 0 Å². The SMILES string of the molecule is CC(O)C1CC2CC(C=O)C1C2. The molecule has 1 N–H and O–H groups in total. The Morgan fingerprint density at radius 2 is 2.17 bits per heavy atom. The van der Waals surface area contributed by atoms with E-state index in [2.05, 4.69) is 0 Å². The molecule has 5 unspecified atom stereocenters. The predicted octanol–water partition coefficient (Wildman–Crippen LogP) is 1.23. The fourth-order valence-electron chi connectivity index (χ4n) is 3.17. The third-order valence-corrected chi connectivity index (χ3v) is 3.71. The van der Waals surface area contributed by atoms with Crippen LogP contribution in [0.25, 0.3) is 0 Å². The van der Waals surface area contributed by atoms with E-state index in [4.69, 9.17) is 0 Å². The van der Waals surface area contributed by atoms with Gasteiger partial charge in [-0.15, -0.1) is 0 Å². The molecule has 2 aliphatic rings. The molecule has 0 aromatic carbocycles. The lowest BCUT2D eigenvalue weighted by atomic mass is 9.79. The van der Waals surface area contributed by atoms with Gasteiger partial charge in [-0.1, -0.05) is 0 Å². The van der Waals surface area contributed by atoms with Gasteiger partial charge in [0.2, 0.25) is 0 Å². The highest BCUT2D eigenvalue weighted by atomic mass is 16.3. The molecule has 2 heteroatoms. The van der Waals surface area contributed by atoms with Crippen molar-refractivity contribution in [3.05, 3.63) is 0 Å². The zero-order valence-electron chi connectivity index (χ0n) is 7.44. The molecular formula is C10H16O2. The maximum atomic E-state index is 10.7. The van der Waals surface area contributed by atoms with Gasteiger partial charge in [0.1, 0.15) is 6.29 Å². The highest BCUT2D eigenvalue weighted by Crippen LogP contribution is 2.52. The number of aliphatic hydroxyl groups is 1. The van der Waals surface area contributed by atoms with Crippen molar-refractivity contribution >= 4 is 6.29 Å². The van der Waals surface area contributed by atoms with E-state index in [-0.39, 0.29) is 12.0 Å². The molecule has 0 spiro atoms. The van der Waals surface area contributed by atoms with E-state index in [1.165, 1.54) is 6.42 Å². The second-order valence-electron chi connectivity index (χ2n) is 4.44. The van der Waals surface area contributed by atoms with E-state index < -0.39 is 0 Å². The zero-order chi connectivity index (χ0) is 8.72. The smallest absolute Gasteiger partial charge is 0.123 e. The van der Waals surface area contributed by atoms with E-state index >= 15 is 0 Å². The topological polar surface area (TPSA) is 37.3 Å². The molecule has 2 saturated carbocycles. The molecular weight excluding hydrogens is 152 g/mol. The Balaban J connectivity index is 2.09.